The lowest BCUT2D eigenvalue weighted by Crippen LogP contribution is -2.28. The summed E-state index contributed by atoms with van der Waals surface area (Å²) in [6.45, 7) is 4.49. The predicted octanol–water partition coefficient (Wildman–Crippen LogP) is 3.64. The number of carbonyl (C=O) groups is 2. The first-order valence-electron chi connectivity index (χ1n) is 9.21. The molecule has 1 unspecified atom stereocenters. The standard InChI is InChI=1S/C22H27NO4/c1-16(2)20(18-6-4-3-5-7-18)14-21(24)23-13-12-17-8-10-19(11-9-17)27-15-22(25)26/h3-11,16,20H,12-15H2,1-2H3,(H,23,24)(H,25,26). The Hall–Kier alpha value is -2.82. The summed E-state index contributed by atoms with van der Waals surface area (Å²) < 4.78 is 5.10. The van der Waals surface area contributed by atoms with E-state index in [1.165, 1.54) is 5.56 Å². The lowest BCUT2D eigenvalue weighted by Gasteiger charge is -2.21. The highest BCUT2D eigenvalue weighted by Crippen LogP contribution is 2.27. The van der Waals surface area contributed by atoms with Gasteiger partial charge >= 0.3 is 5.97 Å². The molecule has 0 saturated carbocycles. The minimum atomic E-state index is -1.00. The van der Waals surface area contributed by atoms with Crippen molar-refractivity contribution >= 4 is 11.9 Å². The van der Waals surface area contributed by atoms with Gasteiger partial charge in [0.05, 0.1) is 0 Å². The van der Waals surface area contributed by atoms with Crippen LogP contribution >= 0.6 is 0 Å². The van der Waals surface area contributed by atoms with Crippen molar-refractivity contribution < 1.29 is 19.4 Å². The van der Waals surface area contributed by atoms with Gasteiger partial charge in [0.1, 0.15) is 5.75 Å². The van der Waals surface area contributed by atoms with Gasteiger partial charge in [0.25, 0.3) is 0 Å². The number of carboxylic acids is 1. The number of nitrogens with one attached hydrogen (secondary N) is 1. The van der Waals surface area contributed by atoms with Gasteiger partial charge in [-0.15, -0.1) is 0 Å². The zero-order valence-electron chi connectivity index (χ0n) is 15.9. The zero-order valence-corrected chi connectivity index (χ0v) is 15.9. The molecule has 0 heterocycles. The molecule has 0 aliphatic carbocycles. The molecule has 0 radical (unpaired) electrons. The minimum Gasteiger partial charge on any atom is -0.482 e. The molecule has 2 aromatic carbocycles. The number of rotatable bonds is 10. The molecule has 5 nitrogen and oxygen atoms in total. The van der Waals surface area contributed by atoms with Gasteiger partial charge in [-0.3, -0.25) is 4.79 Å². The highest BCUT2D eigenvalue weighted by atomic mass is 16.5. The fourth-order valence-electron chi connectivity index (χ4n) is 2.95. The van der Waals surface area contributed by atoms with E-state index in [0.29, 0.717) is 31.1 Å². The lowest BCUT2D eigenvalue weighted by atomic mass is 9.85. The second-order valence-electron chi connectivity index (χ2n) is 6.89. The van der Waals surface area contributed by atoms with Crippen LogP contribution in [0.25, 0.3) is 0 Å². The topological polar surface area (TPSA) is 75.6 Å². The Labute approximate surface area is 160 Å². The van der Waals surface area contributed by atoms with Crippen LogP contribution < -0.4 is 10.1 Å². The van der Waals surface area contributed by atoms with Crippen LogP contribution in [0.4, 0.5) is 0 Å². The SMILES string of the molecule is CC(C)C(CC(=O)NCCc1ccc(OCC(=O)O)cc1)c1ccccc1. The van der Waals surface area contributed by atoms with Crippen molar-refractivity contribution in [3.63, 3.8) is 0 Å². The Kier molecular flexibility index (Phi) is 7.86. The molecule has 0 saturated heterocycles. The number of ether oxygens (including phenoxy) is 1. The Balaban J connectivity index is 1.79. The van der Waals surface area contributed by atoms with E-state index < -0.39 is 5.97 Å². The summed E-state index contributed by atoms with van der Waals surface area (Å²) in [6.07, 6.45) is 1.19. The first-order chi connectivity index (χ1) is 13.0. The summed E-state index contributed by atoms with van der Waals surface area (Å²) in [5, 5.41) is 11.6. The summed E-state index contributed by atoms with van der Waals surface area (Å²) in [7, 11) is 0. The maximum atomic E-state index is 12.3. The van der Waals surface area contributed by atoms with Crippen LogP contribution in [0.5, 0.6) is 5.75 Å². The molecule has 27 heavy (non-hydrogen) atoms. The van der Waals surface area contributed by atoms with Crippen LogP contribution in [0.2, 0.25) is 0 Å². The predicted molar refractivity (Wildman–Crippen MR) is 105 cm³/mol. The monoisotopic (exact) mass is 369 g/mol. The fourth-order valence-corrected chi connectivity index (χ4v) is 2.95. The van der Waals surface area contributed by atoms with Crippen molar-refractivity contribution in [2.45, 2.75) is 32.6 Å². The first-order valence-corrected chi connectivity index (χ1v) is 9.21. The summed E-state index contributed by atoms with van der Waals surface area (Å²) in [5.41, 5.74) is 2.25. The number of hydrogen-bond acceptors (Lipinski definition) is 3. The molecular formula is C22H27NO4. The molecule has 0 bridgehead atoms. The summed E-state index contributed by atoms with van der Waals surface area (Å²) >= 11 is 0. The third-order valence-corrected chi connectivity index (χ3v) is 4.46. The van der Waals surface area contributed by atoms with Crippen LogP contribution in [-0.2, 0) is 16.0 Å². The van der Waals surface area contributed by atoms with Gasteiger partial charge in [-0.2, -0.15) is 0 Å². The van der Waals surface area contributed by atoms with E-state index in [-0.39, 0.29) is 18.4 Å². The van der Waals surface area contributed by atoms with Crippen LogP contribution in [0, 0.1) is 5.92 Å². The molecule has 1 atom stereocenters. The van der Waals surface area contributed by atoms with Gasteiger partial charge in [-0.25, -0.2) is 4.79 Å². The van der Waals surface area contributed by atoms with Gasteiger partial charge < -0.3 is 15.2 Å². The van der Waals surface area contributed by atoms with Crippen LogP contribution in [0.3, 0.4) is 0 Å². The first kappa shape index (κ1) is 20.5. The maximum absolute atomic E-state index is 12.3. The van der Waals surface area contributed by atoms with Gasteiger partial charge in [0, 0.05) is 13.0 Å². The number of benzene rings is 2. The summed E-state index contributed by atoms with van der Waals surface area (Å²) in [4.78, 5) is 22.8. The molecule has 2 aromatic rings. The number of hydrogen-bond donors (Lipinski definition) is 2. The largest absolute Gasteiger partial charge is 0.482 e. The quantitative estimate of drug-likeness (QED) is 0.670. The Bertz CT molecular complexity index is 726. The van der Waals surface area contributed by atoms with Crippen LogP contribution in [-0.4, -0.2) is 30.1 Å². The third kappa shape index (κ3) is 7.13. The third-order valence-electron chi connectivity index (χ3n) is 4.46. The van der Waals surface area contributed by atoms with E-state index in [0.717, 1.165) is 5.56 Å². The summed E-state index contributed by atoms with van der Waals surface area (Å²) in [5.74, 6) is 0.164. The van der Waals surface area contributed by atoms with Gasteiger partial charge in [0.2, 0.25) is 5.91 Å². The fraction of sp³-hybridized carbons (Fsp3) is 0.364. The normalized spacial score (nSPS) is 11.8. The Morgan fingerprint density at radius 3 is 2.30 bits per heavy atom. The Morgan fingerprint density at radius 1 is 1.04 bits per heavy atom. The molecular weight excluding hydrogens is 342 g/mol. The van der Waals surface area contributed by atoms with E-state index in [9.17, 15) is 9.59 Å². The van der Waals surface area contributed by atoms with Crippen molar-refractivity contribution in [2.75, 3.05) is 13.2 Å². The molecule has 1 amide bonds. The molecule has 0 aliphatic rings. The van der Waals surface area contributed by atoms with Crippen molar-refractivity contribution in [3.8, 4) is 5.75 Å². The van der Waals surface area contributed by atoms with Crippen LogP contribution in [0.15, 0.2) is 54.6 Å². The molecule has 5 heteroatoms. The molecule has 144 valence electrons. The lowest BCUT2D eigenvalue weighted by molar-refractivity contribution is -0.139. The van der Waals surface area contributed by atoms with Gasteiger partial charge in [-0.1, -0.05) is 56.3 Å². The van der Waals surface area contributed by atoms with Crippen molar-refractivity contribution in [1.29, 1.82) is 0 Å². The van der Waals surface area contributed by atoms with Crippen LogP contribution in [0.1, 0.15) is 37.3 Å². The molecule has 2 N–H and O–H groups in total. The van der Waals surface area contributed by atoms with Gasteiger partial charge in [0.15, 0.2) is 6.61 Å². The Morgan fingerprint density at radius 2 is 1.70 bits per heavy atom. The van der Waals surface area contributed by atoms with E-state index in [1.807, 2.05) is 30.3 Å². The minimum absolute atomic E-state index is 0.0546. The number of amides is 1. The molecule has 2 rings (SSSR count). The highest BCUT2D eigenvalue weighted by Gasteiger charge is 2.19. The van der Waals surface area contributed by atoms with E-state index in [1.54, 1.807) is 12.1 Å². The number of aliphatic carboxylic acids is 1. The molecule has 0 aromatic heterocycles. The average molecular weight is 369 g/mol. The van der Waals surface area contributed by atoms with Gasteiger partial charge in [-0.05, 0) is 41.5 Å². The zero-order chi connectivity index (χ0) is 19.6. The maximum Gasteiger partial charge on any atom is 0.341 e. The summed E-state index contributed by atoms with van der Waals surface area (Å²) in [6, 6.07) is 17.4. The molecule has 0 fully saturated rings. The average Bonchev–Trinajstić information content (AvgIpc) is 2.66. The number of carbonyl (C=O) groups excluding carboxylic acids is 1. The second kappa shape index (κ2) is 10.4. The highest BCUT2D eigenvalue weighted by molar-refractivity contribution is 5.77. The van der Waals surface area contributed by atoms with Crippen molar-refractivity contribution in [1.82, 2.24) is 5.32 Å². The number of carboxylic acid groups (broad SMARTS) is 1. The second-order valence-corrected chi connectivity index (χ2v) is 6.89. The smallest absolute Gasteiger partial charge is 0.341 e. The van der Waals surface area contributed by atoms with E-state index in [4.69, 9.17) is 9.84 Å². The molecule has 0 aliphatic heterocycles. The van der Waals surface area contributed by atoms with E-state index >= 15 is 0 Å². The van der Waals surface area contributed by atoms with E-state index in [2.05, 4.69) is 31.3 Å². The van der Waals surface area contributed by atoms with Crippen molar-refractivity contribution in [2.24, 2.45) is 5.92 Å². The molecule has 0 spiro atoms. The van der Waals surface area contributed by atoms with Crippen molar-refractivity contribution in [3.05, 3.63) is 65.7 Å².